The molecule has 0 saturated carbocycles. The van der Waals surface area contributed by atoms with Crippen LogP contribution in [0, 0.1) is 0 Å². The van der Waals surface area contributed by atoms with E-state index < -0.39 is 0 Å². The second-order valence-corrected chi connectivity index (χ2v) is 7.24. The lowest BCUT2D eigenvalue weighted by atomic mass is 9.89. The Labute approximate surface area is 182 Å². The van der Waals surface area contributed by atoms with Crippen molar-refractivity contribution >= 4 is 11.8 Å². The summed E-state index contributed by atoms with van der Waals surface area (Å²) in [5.41, 5.74) is 2.26. The van der Waals surface area contributed by atoms with Crippen molar-refractivity contribution in [2.24, 2.45) is 0 Å². The number of hydrogen-bond donors (Lipinski definition) is 2. The molecule has 6 nitrogen and oxygen atoms in total. The fourth-order valence-corrected chi connectivity index (χ4v) is 3.33. The Morgan fingerprint density at radius 3 is 2.55 bits per heavy atom. The second kappa shape index (κ2) is 11.6. The summed E-state index contributed by atoms with van der Waals surface area (Å²) in [5.74, 6) is 1.27. The summed E-state index contributed by atoms with van der Waals surface area (Å²) < 4.78 is 10.7. The number of benzene rings is 2. The third kappa shape index (κ3) is 7.03. The van der Waals surface area contributed by atoms with Gasteiger partial charge in [-0.15, -0.1) is 0 Å². The van der Waals surface area contributed by atoms with Crippen LogP contribution in [0.25, 0.3) is 0 Å². The second-order valence-electron chi connectivity index (χ2n) is 7.24. The number of pyridine rings is 1. The van der Waals surface area contributed by atoms with Crippen LogP contribution in [-0.2, 0) is 16.0 Å². The molecule has 0 fully saturated rings. The lowest BCUT2D eigenvalue weighted by molar-refractivity contribution is -0.141. The van der Waals surface area contributed by atoms with Crippen molar-refractivity contribution < 1.29 is 19.4 Å². The Bertz CT molecular complexity index is 945. The van der Waals surface area contributed by atoms with E-state index in [2.05, 4.69) is 10.3 Å². The highest BCUT2D eigenvalue weighted by Gasteiger charge is 2.17. The van der Waals surface area contributed by atoms with Gasteiger partial charge in [-0.2, -0.15) is 0 Å². The quantitative estimate of drug-likeness (QED) is 0.350. The van der Waals surface area contributed by atoms with Gasteiger partial charge in [0.1, 0.15) is 5.75 Å². The summed E-state index contributed by atoms with van der Waals surface area (Å²) in [5, 5.41) is 12.8. The number of methoxy groups -OCH3 is 1. The third-order valence-electron chi connectivity index (χ3n) is 4.99. The minimum absolute atomic E-state index is 0.0644. The van der Waals surface area contributed by atoms with Gasteiger partial charge < -0.3 is 19.9 Å². The number of anilines is 1. The molecule has 0 amide bonds. The molecule has 3 aromatic rings. The van der Waals surface area contributed by atoms with Crippen LogP contribution in [0.5, 0.6) is 11.5 Å². The average molecular weight is 421 g/mol. The van der Waals surface area contributed by atoms with E-state index >= 15 is 0 Å². The fraction of sp³-hybridized carbons (Fsp3) is 0.280. The normalized spacial score (nSPS) is 11.5. The van der Waals surface area contributed by atoms with Gasteiger partial charge in [-0.25, -0.2) is 4.98 Å². The van der Waals surface area contributed by atoms with E-state index in [9.17, 15) is 9.90 Å². The number of carbonyl (C=O) groups excluding carboxylic acids is 1. The molecule has 0 aliphatic heterocycles. The first-order chi connectivity index (χ1) is 15.2. The predicted octanol–water partition coefficient (Wildman–Crippen LogP) is 4.56. The Morgan fingerprint density at radius 1 is 1.06 bits per heavy atom. The summed E-state index contributed by atoms with van der Waals surface area (Å²) in [6.07, 6.45) is 3.50. The van der Waals surface area contributed by atoms with Crippen LogP contribution in [0.1, 0.15) is 29.9 Å². The number of carbonyl (C=O) groups is 1. The lowest BCUT2D eigenvalue weighted by Gasteiger charge is -2.17. The van der Waals surface area contributed by atoms with E-state index in [0.717, 1.165) is 29.7 Å². The first-order valence-corrected chi connectivity index (χ1v) is 10.4. The molecule has 6 heteroatoms. The average Bonchev–Trinajstić information content (AvgIpc) is 2.81. The van der Waals surface area contributed by atoms with E-state index in [1.165, 1.54) is 7.11 Å². The molecule has 2 N–H and O–H groups in total. The van der Waals surface area contributed by atoms with Crippen LogP contribution in [-0.4, -0.2) is 36.3 Å². The maximum atomic E-state index is 11.9. The van der Waals surface area contributed by atoms with Gasteiger partial charge in [-0.1, -0.05) is 42.5 Å². The summed E-state index contributed by atoms with van der Waals surface area (Å²) in [6.45, 7) is 1.20. The molecule has 3 rings (SSSR count). The van der Waals surface area contributed by atoms with Gasteiger partial charge in [0.25, 0.3) is 0 Å². The highest BCUT2D eigenvalue weighted by Crippen LogP contribution is 2.26. The number of hydrogen-bond acceptors (Lipinski definition) is 6. The van der Waals surface area contributed by atoms with Crippen molar-refractivity contribution in [1.29, 1.82) is 0 Å². The van der Waals surface area contributed by atoms with E-state index in [1.54, 1.807) is 18.3 Å². The summed E-state index contributed by atoms with van der Waals surface area (Å²) in [4.78, 5) is 15.9. The number of nitrogens with one attached hydrogen (secondary N) is 1. The Morgan fingerprint density at radius 2 is 1.84 bits per heavy atom. The summed E-state index contributed by atoms with van der Waals surface area (Å²) in [6, 6.07) is 21.3. The number of esters is 1. The third-order valence-corrected chi connectivity index (χ3v) is 4.99. The molecule has 0 aliphatic carbocycles. The molecule has 0 aliphatic rings. The zero-order valence-corrected chi connectivity index (χ0v) is 17.7. The predicted molar refractivity (Wildman–Crippen MR) is 120 cm³/mol. The molecular weight excluding hydrogens is 392 g/mol. The maximum absolute atomic E-state index is 11.9. The van der Waals surface area contributed by atoms with Crippen molar-refractivity contribution in [3.05, 3.63) is 84.1 Å². The van der Waals surface area contributed by atoms with Crippen LogP contribution in [0.3, 0.4) is 0 Å². The van der Waals surface area contributed by atoms with Crippen LogP contribution in [0.15, 0.2) is 72.9 Å². The van der Waals surface area contributed by atoms with Gasteiger partial charge in [0.2, 0.25) is 0 Å². The molecule has 1 atom stereocenters. The minimum atomic E-state index is -0.207. The number of rotatable bonds is 11. The fourth-order valence-electron chi connectivity index (χ4n) is 3.33. The largest absolute Gasteiger partial charge is 0.504 e. The van der Waals surface area contributed by atoms with E-state index in [1.807, 2.05) is 54.6 Å². The topological polar surface area (TPSA) is 80.7 Å². The first-order valence-electron chi connectivity index (χ1n) is 10.4. The molecular formula is C25H28N2O4. The molecule has 0 radical (unpaired) electrons. The van der Waals surface area contributed by atoms with Gasteiger partial charge in [-0.05, 0) is 54.2 Å². The molecule has 1 aromatic heterocycles. The Kier molecular flexibility index (Phi) is 8.29. The monoisotopic (exact) mass is 420 g/mol. The molecule has 1 heterocycles. The maximum Gasteiger partial charge on any atom is 0.306 e. The number of aromatic hydroxyl groups is 1. The Hall–Kier alpha value is -3.54. The van der Waals surface area contributed by atoms with E-state index in [4.69, 9.17) is 9.47 Å². The van der Waals surface area contributed by atoms with Crippen molar-refractivity contribution in [2.75, 3.05) is 25.6 Å². The SMILES string of the molecule is COC(=O)CC(Cc1ccc(OCCCNc2ncccc2O)cc1)c1ccccc1. The van der Waals surface area contributed by atoms with Crippen molar-refractivity contribution in [1.82, 2.24) is 4.98 Å². The van der Waals surface area contributed by atoms with E-state index in [-0.39, 0.29) is 17.6 Å². The minimum Gasteiger partial charge on any atom is -0.504 e. The zero-order valence-electron chi connectivity index (χ0n) is 17.7. The molecule has 2 aromatic carbocycles. The Balaban J connectivity index is 1.48. The molecule has 162 valence electrons. The van der Waals surface area contributed by atoms with Crippen LogP contribution in [0.2, 0.25) is 0 Å². The van der Waals surface area contributed by atoms with E-state index in [0.29, 0.717) is 25.4 Å². The van der Waals surface area contributed by atoms with Gasteiger partial charge in [-0.3, -0.25) is 4.79 Å². The van der Waals surface area contributed by atoms with Gasteiger partial charge in [0.15, 0.2) is 11.6 Å². The summed E-state index contributed by atoms with van der Waals surface area (Å²) in [7, 11) is 1.42. The van der Waals surface area contributed by atoms with Gasteiger partial charge >= 0.3 is 5.97 Å². The molecule has 0 bridgehead atoms. The number of aromatic nitrogens is 1. The smallest absolute Gasteiger partial charge is 0.306 e. The molecule has 1 unspecified atom stereocenters. The highest BCUT2D eigenvalue weighted by atomic mass is 16.5. The van der Waals surface area contributed by atoms with Gasteiger partial charge in [0.05, 0.1) is 20.1 Å². The summed E-state index contributed by atoms with van der Waals surface area (Å²) >= 11 is 0. The molecule has 0 spiro atoms. The highest BCUT2D eigenvalue weighted by molar-refractivity contribution is 5.70. The van der Waals surface area contributed by atoms with Gasteiger partial charge in [0, 0.05) is 12.7 Å². The molecule has 0 saturated heterocycles. The lowest BCUT2D eigenvalue weighted by Crippen LogP contribution is -2.11. The zero-order chi connectivity index (χ0) is 21.9. The van der Waals surface area contributed by atoms with Crippen molar-refractivity contribution in [2.45, 2.75) is 25.2 Å². The number of nitrogens with zero attached hydrogens (tertiary/aromatic N) is 1. The van der Waals surface area contributed by atoms with Crippen LogP contribution < -0.4 is 10.1 Å². The first kappa shape index (κ1) is 22.2. The van der Waals surface area contributed by atoms with Crippen molar-refractivity contribution in [3.8, 4) is 11.5 Å². The standard InChI is InChI=1S/C25H28N2O4/c1-30-24(29)18-21(20-7-3-2-4-8-20)17-19-10-12-22(13-11-19)31-16-6-15-27-25-23(28)9-5-14-26-25/h2-5,7-14,21,28H,6,15-18H2,1H3,(H,26,27). The molecule has 31 heavy (non-hydrogen) atoms. The van der Waals surface area contributed by atoms with Crippen LogP contribution >= 0.6 is 0 Å². The van der Waals surface area contributed by atoms with Crippen molar-refractivity contribution in [3.63, 3.8) is 0 Å². The number of ether oxygens (including phenoxy) is 2. The van der Waals surface area contributed by atoms with Crippen LogP contribution in [0.4, 0.5) is 5.82 Å².